The van der Waals surface area contributed by atoms with Crippen LogP contribution in [-0.2, 0) is 0 Å². The van der Waals surface area contributed by atoms with Gasteiger partial charge in [-0.1, -0.05) is 19.8 Å². The first-order valence-electron chi connectivity index (χ1n) is 8.44. The molecule has 1 saturated heterocycles. The van der Waals surface area contributed by atoms with Crippen molar-refractivity contribution in [2.75, 3.05) is 20.3 Å². The van der Waals surface area contributed by atoms with Gasteiger partial charge in [0.25, 0.3) is 5.91 Å². The van der Waals surface area contributed by atoms with E-state index in [4.69, 9.17) is 9.47 Å². The zero-order valence-corrected chi connectivity index (χ0v) is 13.9. The van der Waals surface area contributed by atoms with Crippen molar-refractivity contribution in [2.24, 2.45) is 4.99 Å². The molecule has 1 fully saturated rings. The molecule has 0 aromatic heterocycles. The molecule has 0 N–H and O–H groups in total. The monoisotopic (exact) mass is 316 g/mol. The van der Waals surface area contributed by atoms with Crippen molar-refractivity contribution in [3.63, 3.8) is 0 Å². The van der Waals surface area contributed by atoms with E-state index in [1.54, 1.807) is 13.2 Å². The van der Waals surface area contributed by atoms with Crippen molar-refractivity contribution in [2.45, 2.75) is 45.1 Å². The second kappa shape index (κ2) is 7.02. The van der Waals surface area contributed by atoms with Gasteiger partial charge >= 0.3 is 0 Å². The fourth-order valence-corrected chi connectivity index (χ4v) is 3.15. The molecular weight excluding hydrogens is 292 g/mol. The number of carbonyl (C=O) groups excluding carboxylic acids is 1. The molecule has 1 amide bonds. The van der Waals surface area contributed by atoms with Crippen LogP contribution >= 0.6 is 0 Å². The van der Waals surface area contributed by atoms with Crippen LogP contribution in [0.5, 0.6) is 11.5 Å². The maximum absolute atomic E-state index is 12.7. The molecule has 0 radical (unpaired) electrons. The highest BCUT2D eigenvalue weighted by Gasteiger charge is 2.32. The number of rotatable bonds is 6. The number of ether oxygens (including phenoxy) is 2. The summed E-state index contributed by atoms with van der Waals surface area (Å²) in [5.74, 6) is 1.30. The Morgan fingerprint density at radius 2 is 2.17 bits per heavy atom. The minimum Gasteiger partial charge on any atom is -0.493 e. The maximum atomic E-state index is 12.7. The second-order valence-electron chi connectivity index (χ2n) is 6.06. The number of carbonyl (C=O) groups is 1. The Balaban J connectivity index is 1.87. The third-order valence-corrected chi connectivity index (χ3v) is 4.46. The van der Waals surface area contributed by atoms with Crippen LogP contribution in [0.2, 0.25) is 0 Å². The van der Waals surface area contributed by atoms with Gasteiger partial charge in [0.05, 0.1) is 31.0 Å². The van der Waals surface area contributed by atoms with Crippen molar-refractivity contribution in [3.05, 3.63) is 17.7 Å². The standard InChI is InChI=1S/C18H24N2O3/c1-3-4-5-9-23-17-11-15-14(10-16(17)22-2)18(21)20-8-6-7-13(20)12-19-15/h10-13H,3-9H2,1-2H3. The van der Waals surface area contributed by atoms with Crippen LogP contribution in [0.15, 0.2) is 17.1 Å². The molecule has 2 aliphatic heterocycles. The summed E-state index contributed by atoms with van der Waals surface area (Å²) in [7, 11) is 1.60. The number of methoxy groups -OCH3 is 1. The van der Waals surface area contributed by atoms with Crippen molar-refractivity contribution >= 4 is 17.8 Å². The predicted octanol–water partition coefficient (Wildman–Crippen LogP) is 3.58. The Hall–Kier alpha value is -2.04. The van der Waals surface area contributed by atoms with E-state index in [2.05, 4.69) is 11.9 Å². The lowest BCUT2D eigenvalue weighted by molar-refractivity contribution is 0.0774. The molecule has 1 atom stereocenters. The van der Waals surface area contributed by atoms with Gasteiger partial charge in [-0.15, -0.1) is 0 Å². The van der Waals surface area contributed by atoms with E-state index in [0.29, 0.717) is 29.4 Å². The Morgan fingerprint density at radius 1 is 1.30 bits per heavy atom. The molecular formula is C18H24N2O3. The van der Waals surface area contributed by atoms with Gasteiger partial charge in [0.15, 0.2) is 11.5 Å². The Morgan fingerprint density at radius 3 is 2.96 bits per heavy atom. The Kier molecular flexibility index (Phi) is 4.84. The van der Waals surface area contributed by atoms with Crippen LogP contribution in [-0.4, -0.2) is 43.3 Å². The zero-order chi connectivity index (χ0) is 16.2. The molecule has 23 heavy (non-hydrogen) atoms. The zero-order valence-electron chi connectivity index (χ0n) is 13.9. The highest BCUT2D eigenvalue weighted by Crippen LogP contribution is 2.38. The summed E-state index contributed by atoms with van der Waals surface area (Å²) in [5.41, 5.74) is 1.28. The summed E-state index contributed by atoms with van der Waals surface area (Å²) in [6.45, 7) is 3.61. The number of nitrogens with zero attached hydrogens (tertiary/aromatic N) is 2. The second-order valence-corrected chi connectivity index (χ2v) is 6.06. The minimum absolute atomic E-state index is 0.0378. The highest BCUT2D eigenvalue weighted by molar-refractivity contribution is 6.03. The summed E-state index contributed by atoms with van der Waals surface area (Å²) in [5, 5.41) is 0. The van der Waals surface area contributed by atoms with Crippen LogP contribution in [0.1, 0.15) is 49.4 Å². The molecule has 1 unspecified atom stereocenters. The van der Waals surface area contributed by atoms with E-state index in [1.165, 1.54) is 0 Å². The van der Waals surface area contributed by atoms with Gasteiger partial charge in [-0.25, -0.2) is 0 Å². The van der Waals surface area contributed by atoms with E-state index in [-0.39, 0.29) is 11.9 Å². The minimum atomic E-state index is 0.0378. The average Bonchev–Trinajstić information content (AvgIpc) is 3.00. The van der Waals surface area contributed by atoms with Crippen LogP contribution in [0.25, 0.3) is 0 Å². The van der Waals surface area contributed by atoms with Crippen LogP contribution in [0.3, 0.4) is 0 Å². The van der Waals surface area contributed by atoms with E-state index in [9.17, 15) is 4.79 Å². The molecule has 1 aromatic rings. The van der Waals surface area contributed by atoms with Gasteiger partial charge < -0.3 is 14.4 Å². The number of hydrogen-bond acceptors (Lipinski definition) is 4. The van der Waals surface area contributed by atoms with Gasteiger partial charge in [-0.2, -0.15) is 0 Å². The molecule has 3 rings (SSSR count). The quantitative estimate of drug-likeness (QED) is 0.754. The van der Waals surface area contributed by atoms with Crippen LogP contribution in [0.4, 0.5) is 5.69 Å². The molecule has 0 spiro atoms. The van der Waals surface area contributed by atoms with E-state index in [1.807, 2.05) is 17.2 Å². The molecule has 5 heteroatoms. The van der Waals surface area contributed by atoms with Gasteiger partial charge in [-0.3, -0.25) is 9.79 Å². The maximum Gasteiger partial charge on any atom is 0.256 e. The number of unbranched alkanes of at least 4 members (excludes halogenated alkanes) is 2. The number of amides is 1. The van der Waals surface area contributed by atoms with Crippen LogP contribution < -0.4 is 9.47 Å². The fourth-order valence-electron chi connectivity index (χ4n) is 3.15. The van der Waals surface area contributed by atoms with Crippen molar-refractivity contribution in [1.82, 2.24) is 4.90 Å². The fraction of sp³-hybridized carbons (Fsp3) is 0.556. The lowest BCUT2D eigenvalue weighted by Crippen LogP contribution is -2.35. The summed E-state index contributed by atoms with van der Waals surface area (Å²) < 4.78 is 11.3. The summed E-state index contributed by atoms with van der Waals surface area (Å²) in [6, 6.07) is 3.72. The number of benzene rings is 1. The third-order valence-electron chi connectivity index (χ3n) is 4.46. The molecule has 0 bridgehead atoms. The first kappa shape index (κ1) is 15.8. The molecule has 5 nitrogen and oxygen atoms in total. The summed E-state index contributed by atoms with van der Waals surface area (Å²) in [6.07, 6.45) is 7.22. The number of fused-ring (bicyclic) bond motifs is 2. The van der Waals surface area contributed by atoms with Crippen molar-refractivity contribution in [1.29, 1.82) is 0 Å². The normalized spacial score (nSPS) is 19.3. The van der Waals surface area contributed by atoms with Gasteiger partial charge in [-0.05, 0) is 25.3 Å². The summed E-state index contributed by atoms with van der Waals surface area (Å²) in [4.78, 5) is 19.2. The average molecular weight is 316 g/mol. The number of hydrogen-bond donors (Lipinski definition) is 0. The van der Waals surface area contributed by atoms with E-state index in [0.717, 1.165) is 38.6 Å². The molecule has 0 saturated carbocycles. The first-order chi connectivity index (χ1) is 11.2. The third kappa shape index (κ3) is 3.19. The molecule has 124 valence electrons. The van der Waals surface area contributed by atoms with Gasteiger partial charge in [0, 0.05) is 18.8 Å². The van der Waals surface area contributed by atoms with Crippen molar-refractivity contribution in [3.8, 4) is 11.5 Å². The SMILES string of the molecule is CCCCCOc1cc2c(cc1OC)C(=O)N1CCCC1C=N2. The number of aliphatic imine (C=N–C) groups is 1. The largest absolute Gasteiger partial charge is 0.493 e. The smallest absolute Gasteiger partial charge is 0.256 e. The van der Waals surface area contributed by atoms with Gasteiger partial charge in [0.2, 0.25) is 0 Å². The lowest BCUT2D eigenvalue weighted by atomic mass is 10.1. The molecule has 1 aromatic carbocycles. The molecule has 0 aliphatic carbocycles. The Bertz CT molecular complexity index is 613. The molecule has 2 aliphatic rings. The summed E-state index contributed by atoms with van der Waals surface area (Å²) >= 11 is 0. The first-order valence-corrected chi connectivity index (χ1v) is 8.44. The van der Waals surface area contributed by atoms with Crippen LogP contribution in [0, 0.1) is 0 Å². The lowest BCUT2D eigenvalue weighted by Gasteiger charge is -2.20. The van der Waals surface area contributed by atoms with Gasteiger partial charge in [0.1, 0.15) is 0 Å². The highest BCUT2D eigenvalue weighted by atomic mass is 16.5. The predicted molar refractivity (Wildman–Crippen MR) is 90.2 cm³/mol. The van der Waals surface area contributed by atoms with E-state index < -0.39 is 0 Å². The Labute approximate surface area is 137 Å². The van der Waals surface area contributed by atoms with E-state index >= 15 is 0 Å². The van der Waals surface area contributed by atoms with Crippen molar-refractivity contribution < 1.29 is 14.3 Å². The molecule has 2 heterocycles. The topological polar surface area (TPSA) is 51.1 Å².